The summed E-state index contributed by atoms with van der Waals surface area (Å²) < 4.78 is 50.1. The Labute approximate surface area is 283 Å². The van der Waals surface area contributed by atoms with Crippen molar-refractivity contribution in [1.82, 2.24) is 0 Å². The van der Waals surface area contributed by atoms with E-state index in [0.717, 1.165) is 0 Å². The zero-order chi connectivity index (χ0) is 35.4. The minimum atomic E-state index is -2.09. The van der Waals surface area contributed by atoms with Gasteiger partial charge in [-0.1, -0.05) is 26.8 Å². The Hall–Kier alpha value is -3.52. The van der Waals surface area contributed by atoms with Crippen molar-refractivity contribution in [3.05, 3.63) is 47.5 Å². The molecule has 13 heteroatoms. The maximum absolute atomic E-state index is 13.7. The fourth-order valence-corrected chi connectivity index (χ4v) is 11.9. The van der Waals surface area contributed by atoms with Crippen LogP contribution in [0, 0.1) is 22.2 Å². The monoisotopic (exact) mass is 682 g/mol. The van der Waals surface area contributed by atoms with Crippen LogP contribution in [0.5, 0.6) is 0 Å². The number of hydrogen-bond acceptors (Lipinski definition) is 13. The van der Waals surface area contributed by atoms with Gasteiger partial charge in [0, 0.05) is 53.7 Å². The van der Waals surface area contributed by atoms with Gasteiger partial charge in [0.15, 0.2) is 11.7 Å². The highest BCUT2D eigenvalue weighted by molar-refractivity contribution is 5.88. The Bertz CT molecular complexity index is 1760. The number of hydrogen-bond donors (Lipinski definition) is 1. The lowest BCUT2D eigenvalue weighted by atomic mass is 9.34. The van der Waals surface area contributed by atoms with E-state index in [-0.39, 0.29) is 19.3 Å². The number of ether oxygens (including phenoxy) is 7. The largest absolute Gasteiger partial charge is 0.472 e. The predicted octanol–water partition coefficient (Wildman–Crippen LogP) is 3.73. The Morgan fingerprint density at radius 2 is 1.84 bits per heavy atom. The molecule has 6 fully saturated rings. The highest BCUT2D eigenvalue weighted by atomic mass is 17.0. The van der Waals surface area contributed by atoms with Crippen molar-refractivity contribution >= 4 is 23.9 Å². The molecule has 8 rings (SSSR count). The smallest absolute Gasteiger partial charge is 0.333 e. The SMILES string of the molecule is C/C=C(\C)C(=O)O[C@H]1[C@]2(C)C[C@]3(O)[C@@]1(OC(C)=O)[C@H]1O[C@@]4(C)O[C@@]5(CC[C@]6(C)C(=CC(=O)O[C@H]6c6ccoc6)[C@@]15O4)[C@]3(C)[C@H]2CC(=O)OC. The van der Waals surface area contributed by atoms with Gasteiger partial charge in [-0.05, 0) is 50.7 Å². The van der Waals surface area contributed by atoms with E-state index in [1.807, 2.05) is 20.8 Å². The normalized spacial score (nSPS) is 49.9. The molecule has 12 atom stereocenters. The molecule has 7 aliphatic rings. The first-order valence-electron chi connectivity index (χ1n) is 16.8. The molecular formula is C36H42O13. The van der Waals surface area contributed by atoms with Gasteiger partial charge in [0.25, 0.3) is 5.97 Å². The van der Waals surface area contributed by atoms with Gasteiger partial charge < -0.3 is 42.7 Å². The van der Waals surface area contributed by atoms with Crippen LogP contribution in [0.25, 0.3) is 0 Å². The van der Waals surface area contributed by atoms with Crippen LogP contribution in [0.1, 0.15) is 85.8 Å². The first-order valence-corrected chi connectivity index (χ1v) is 16.8. The molecular weight excluding hydrogens is 640 g/mol. The van der Waals surface area contributed by atoms with E-state index in [9.17, 15) is 24.3 Å². The summed E-state index contributed by atoms with van der Waals surface area (Å²) in [6, 6.07) is 1.73. The minimum Gasteiger partial charge on any atom is -0.472 e. The summed E-state index contributed by atoms with van der Waals surface area (Å²) >= 11 is 0. The number of cyclic esters (lactones) is 1. The fourth-order valence-electron chi connectivity index (χ4n) is 11.9. The molecule has 1 aromatic rings. The van der Waals surface area contributed by atoms with Crippen LogP contribution in [0.15, 0.2) is 46.3 Å². The summed E-state index contributed by atoms with van der Waals surface area (Å²) in [5.74, 6) is -5.15. The summed E-state index contributed by atoms with van der Waals surface area (Å²) in [6.45, 7) is 11.7. The van der Waals surface area contributed by atoms with E-state index in [4.69, 9.17) is 37.6 Å². The first-order chi connectivity index (χ1) is 22.9. The van der Waals surface area contributed by atoms with Crippen LogP contribution >= 0.6 is 0 Å². The van der Waals surface area contributed by atoms with Crippen molar-refractivity contribution in [1.29, 1.82) is 0 Å². The number of esters is 4. The third-order valence-electron chi connectivity index (χ3n) is 13.7. The van der Waals surface area contributed by atoms with Crippen LogP contribution in [0.2, 0.25) is 0 Å². The molecule has 1 aromatic heterocycles. The van der Waals surface area contributed by atoms with Crippen LogP contribution in [0.4, 0.5) is 0 Å². The summed E-state index contributed by atoms with van der Waals surface area (Å²) in [5.41, 5.74) is -9.37. The summed E-state index contributed by atoms with van der Waals surface area (Å²) in [6.07, 6.45) is 2.99. The molecule has 0 aromatic carbocycles. The summed E-state index contributed by atoms with van der Waals surface area (Å²) in [7, 11) is 1.29. The average molecular weight is 683 g/mol. The van der Waals surface area contributed by atoms with E-state index >= 15 is 0 Å². The molecule has 49 heavy (non-hydrogen) atoms. The van der Waals surface area contributed by atoms with Crippen LogP contribution in [-0.4, -0.2) is 76.7 Å². The average Bonchev–Trinajstić information content (AvgIpc) is 3.81. The molecule has 2 saturated heterocycles. The van der Waals surface area contributed by atoms with Gasteiger partial charge in [-0.2, -0.15) is 0 Å². The Morgan fingerprint density at radius 3 is 2.47 bits per heavy atom. The lowest BCUT2D eigenvalue weighted by Gasteiger charge is -2.75. The molecule has 264 valence electrons. The van der Waals surface area contributed by atoms with E-state index < -0.39 is 92.7 Å². The Balaban J connectivity index is 1.46. The number of methoxy groups -OCH3 is 1. The number of allylic oxidation sites excluding steroid dienone is 1. The maximum Gasteiger partial charge on any atom is 0.333 e. The van der Waals surface area contributed by atoms with Crippen molar-refractivity contribution < 1.29 is 61.9 Å². The van der Waals surface area contributed by atoms with Gasteiger partial charge in [0.2, 0.25) is 5.60 Å². The second-order valence-electron chi connectivity index (χ2n) is 15.7. The summed E-state index contributed by atoms with van der Waals surface area (Å²) in [5, 5.41) is 13.6. The molecule has 3 aliphatic heterocycles. The molecule has 13 nitrogen and oxygen atoms in total. The third kappa shape index (κ3) is 3.28. The van der Waals surface area contributed by atoms with Gasteiger partial charge in [-0.25, -0.2) is 9.59 Å². The van der Waals surface area contributed by atoms with Crippen molar-refractivity contribution in [2.24, 2.45) is 22.2 Å². The predicted molar refractivity (Wildman–Crippen MR) is 164 cm³/mol. The molecule has 4 bridgehead atoms. The Morgan fingerprint density at radius 1 is 1.10 bits per heavy atom. The van der Waals surface area contributed by atoms with Gasteiger partial charge >= 0.3 is 23.9 Å². The Kier molecular flexibility index (Phi) is 6.28. The number of fused-ring (bicyclic) bond motifs is 4. The zero-order valence-electron chi connectivity index (χ0n) is 28.9. The first kappa shape index (κ1) is 32.7. The number of carbonyl (C=O) groups excluding carboxylic acids is 4. The molecule has 1 spiro atoms. The highest BCUT2D eigenvalue weighted by Crippen LogP contribution is 2.88. The molecule has 0 radical (unpaired) electrons. The molecule has 1 N–H and O–H groups in total. The van der Waals surface area contributed by atoms with Crippen molar-refractivity contribution in [3.8, 4) is 0 Å². The number of carbonyl (C=O) groups is 4. The highest BCUT2D eigenvalue weighted by Gasteiger charge is 3.03. The molecule has 4 saturated carbocycles. The van der Waals surface area contributed by atoms with Crippen LogP contribution in [-0.2, 0) is 52.3 Å². The lowest BCUT2D eigenvalue weighted by Crippen LogP contribution is -2.92. The van der Waals surface area contributed by atoms with Crippen molar-refractivity contribution in [2.75, 3.05) is 7.11 Å². The topological polar surface area (TPSA) is 166 Å². The second-order valence-corrected chi connectivity index (χ2v) is 15.7. The van der Waals surface area contributed by atoms with Gasteiger partial charge in [-0.3, -0.25) is 9.59 Å². The summed E-state index contributed by atoms with van der Waals surface area (Å²) in [4.78, 5) is 54.1. The van der Waals surface area contributed by atoms with Crippen molar-refractivity contribution in [3.63, 3.8) is 0 Å². The third-order valence-corrected chi connectivity index (χ3v) is 13.7. The van der Waals surface area contributed by atoms with E-state index in [1.54, 1.807) is 32.9 Å². The van der Waals surface area contributed by atoms with Gasteiger partial charge in [-0.15, -0.1) is 0 Å². The number of furan rings is 1. The van der Waals surface area contributed by atoms with Gasteiger partial charge in [0.05, 0.1) is 19.6 Å². The molecule has 4 aliphatic carbocycles. The maximum atomic E-state index is 13.7. The molecule has 0 amide bonds. The van der Waals surface area contributed by atoms with Crippen LogP contribution < -0.4 is 0 Å². The van der Waals surface area contributed by atoms with E-state index in [0.29, 0.717) is 23.1 Å². The number of aliphatic hydroxyl groups is 1. The second kappa shape index (κ2) is 9.42. The van der Waals surface area contributed by atoms with E-state index in [2.05, 4.69) is 0 Å². The van der Waals surface area contributed by atoms with Gasteiger partial charge in [0.1, 0.15) is 23.4 Å². The minimum absolute atomic E-state index is 0.0357. The van der Waals surface area contributed by atoms with Crippen LogP contribution in [0.3, 0.4) is 0 Å². The number of rotatable bonds is 6. The lowest BCUT2D eigenvalue weighted by molar-refractivity contribution is -0.443. The standard InChI is InChI=1S/C36H42O13/c1-9-18(2)26(40)45-27-30(5)17-33(41)31(6,21(30)14-23(38)42-8)34-12-11-29(4)22(15-24(39)44-25(29)20-10-13-43-16-20)35(34)28(36(27,33)46-19(3)37)47-32(7,48-34)49-35/h9-10,13,15-16,21,25,27-28,41H,11-12,14,17H2,1-8H3/b18-9+/t21-,25-,27-,28-,29+,30+,31+,32-,33+,34-,35+,36-/m0/s1. The fraction of sp³-hybridized carbons (Fsp3) is 0.667. The van der Waals surface area contributed by atoms with Crippen molar-refractivity contribution in [2.45, 2.75) is 121 Å². The zero-order valence-corrected chi connectivity index (χ0v) is 28.9. The molecule has 4 heterocycles. The molecule has 0 unspecified atom stereocenters. The van der Waals surface area contributed by atoms with E-state index in [1.165, 1.54) is 32.6 Å². The quantitative estimate of drug-likeness (QED) is 0.262.